The largest absolute Gasteiger partial charge is 0.397 e. The second-order valence-corrected chi connectivity index (χ2v) is 4.92. The SMILES string of the molecule is NC(=O)c1ccc(N)c(Sc2nnc3ccccn23)n1. The lowest BCUT2D eigenvalue weighted by molar-refractivity contribution is 0.0995. The molecule has 0 spiro atoms. The van der Waals surface area contributed by atoms with Crippen LogP contribution in [0.5, 0.6) is 0 Å². The third kappa shape index (κ3) is 2.16. The summed E-state index contributed by atoms with van der Waals surface area (Å²) in [5.41, 5.74) is 12.4. The zero-order valence-corrected chi connectivity index (χ0v) is 11.0. The van der Waals surface area contributed by atoms with E-state index in [4.69, 9.17) is 11.5 Å². The molecule has 3 rings (SSSR count). The highest BCUT2D eigenvalue weighted by molar-refractivity contribution is 7.99. The first-order valence-corrected chi connectivity index (χ1v) is 6.51. The molecule has 4 N–H and O–H groups in total. The van der Waals surface area contributed by atoms with Gasteiger partial charge in [0.25, 0.3) is 5.91 Å². The van der Waals surface area contributed by atoms with Crippen molar-refractivity contribution in [3.05, 3.63) is 42.2 Å². The van der Waals surface area contributed by atoms with Gasteiger partial charge in [-0.1, -0.05) is 6.07 Å². The number of nitrogens with zero attached hydrogens (tertiary/aromatic N) is 4. The lowest BCUT2D eigenvalue weighted by Crippen LogP contribution is -2.13. The number of nitrogens with two attached hydrogens (primary N) is 2. The standard InChI is InChI=1S/C12H10N6OS/c13-7-4-5-8(10(14)19)15-11(7)20-12-17-16-9-3-1-2-6-18(9)12/h1-6H,13H2,(H2,14,19). The van der Waals surface area contributed by atoms with E-state index in [0.29, 0.717) is 15.9 Å². The van der Waals surface area contributed by atoms with Gasteiger partial charge < -0.3 is 11.5 Å². The van der Waals surface area contributed by atoms with Gasteiger partial charge in [-0.05, 0) is 36.0 Å². The maximum Gasteiger partial charge on any atom is 0.267 e. The average Bonchev–Trinajstić information content (AvgIpc) is 2.84. The summed E-state index contributed by atoms with van der Waals surface area (Å²) in [4.78, 5) is 15.3. The molecule has 20 heavy (non-hydrogen) atoms. The first-order chi connectivity index (χ1) is 9.65. The van der Waals surface area contributed by atoms with Crippen LogP contribution in [0.1, 0.15) is 10.5 Å². The van der Waals surface area contributed by atoms with Crippen molar-refractivity contribution in [3.8, 4) is 0 Å². The molecule has 3 aromatic rings. The fourth-order valence-corrected chi connectivity index (χ4v) is 2.48. The maximum atomic E-state index is 11.2. The third-order valence-corrected chi connectivity index (χ3v) is 3.59. The van der Waals surface area contributed by atoms with Crippen molar-refractivity contribution in [3.63, 3.8) is 0 Å². The quantitative estimate of drug-likeness (QED) is 0.741. The topological polar surface area (TPSA) is 112 Å². The van der Waals surface area contributed by atoms with E-state index in [0.717, 1.165) is 5.65 Å². The summed E-state index contributed by atoms with van der Waals surface area (Å²) in [5.74, 6) is -0.599. The Kier molecular flexibility index (Phi) is 2.99. The van der Waals surface area contributed by atoms with Crippen LogP contribution in [-0.4, -0.2) is 25.5 Å². The smallest absolute Gasteiger partial charge is 0.267 e. The molecular weight excluding hydrogens is 276 g/mol. The van der Waals surface area contributed by atoms with E-state index in [1.807, 2.05) is 28.8 Å². The highest BCUT2D eigenvalue weighted by Crippen LogP contribution is 2.29. The molecular formula is C12H10N6OS. The molecule has 3 aromatic heterocycles. The van der Waals surface area contributed by atoms with Gasteiger partial charge in [0.2, 0.25) is 5.16 Å². The molecule has 0 atom stereocenters. The Morgan fingerprint density at radius 1 is 1.20 bits per heavy atom. The first kappa shape index (κ1) is 12.4. The van der Waals surface area contributed by atoms with Crippen molar-refractivity contribution >= 4 is 29.0 Å². The monoisotopic (exact) mass is 286 g/mol. The minimum atomic E-state index is -0.599. The summed E-state index contributed by atoms with van der Waals surface area (Å²) in [6, 6.07) is 8.67. The zero-order valence-electron chi connectivity index (χ0n) is 10.2. The Morgan fingerprint density at radius 2 is 2.05 bits per heavy atom. The molecule has 7 nitrogen and oxygen atoms in total. The van der Waals surface area contributed by atoms with Gasteiger partial charge in [-0.3, -0.25) is 9.20 Å². The third-order valence-electron chi connectivity index (χ3n) is 2.61. The summed E-state index contributed by atoms with van der Waals surface area (Å²) < 4.78 is 1.81. The van der Waals surface area contributed by atoms with Crippen LogP contribution in [0.3, 0.4) is 0 Å². The molecule has 0 aliphatic rings. The van der Waals surface area contributed by atoms with Crippen LogP contribution in [-0.2, 0) is 0 Å². The van der Waals surface area contributed by atoms with Crippen LogP contribution in [0.2, 0.25) is 0 Å². The fourth-order valence-electron chi connectivity index (χ4n) is 1.65. The molecule has 0 aliphatic carbocycles. The van der Waals surface area contributed by atoms with E-state index >= 15 is 0 Å². The summed E-state index contributed by atoms with van der Waals surface area (Å²) in [7, 11) is 0. The highest BCUT2D eigenvalue weighted by Gasteiger charge is 2.12. The molecule has 1 amide bonds. The Balaban J connectivity index is 2.02. The molecule has 3 heterocycles. The normalized spacial score (nSPS) is 10.8. The molecule has 0 saturated carbocycles. The number of hydrogen-bond donors (Lipinski definition) is 2. The van der Waals surface area contributed by atoms with Gasteiger partial charge in [0.1, 0.15) is 10.7 Å². The molecule has 8 heteroatoms. The first-order valence-electron chi connectivity index (χ1n) is 5.69. The van der Waals surface area contributed by atoms with Gasteiger partial charge >= 0.3 is 0 Å². The van der Waals surface area contributed by atoms with E-state index in [9.17, 15) is 4.79 Å². The van der Waals surface area contributed by atoms with Crippen LogP contribution < -0.4 is 11.5 Å². The van der Waals surface area contributed by atoms with E-state index in [2.05, 4.69) is 15.2 Å². The summed E-state index contributed by atoms with van der Waals surface area (Å²) in [5, 5.41) is 9.19. The van der Waals surface area contributed by atoms with E-state index in [-0.39, 0.29) is 5.69 Å². The average molecular weight is 286 g/mol. The van der Waals surface area contributed by atoms with Gasteiger partial charge in [0.05, 0.1) is 5.69 Å². The Bertz CT molecular complexity index is 799. The van der Waals surface area contributed by atoms with E-state index in [1.165, 1.54) is 17.8 Å². The Morgan fingerprint density at radius 3 is 2.85 bits per heavy atom. The van der Waals surface area contributed by atoms with Crippen LogP contribution in [0.15, 0.2) is 46.7 Å². The summed E-state index contributed by atoms with van der Waals surface area (Å²) >= 11 is 1.23. The lowest BCUT2D eigenvalue weighted by Gasteiger charge is -2.04. The lowest BCUT2D eigenvalue weighted by atomic mass is 10.3. The molecule has 0 radical (unpaired) electrons. The van der Waals surface area contributed by atoms with Gasteiger partial charge in [-0.15, -0.1) is 10.2 Å². The van der Waals surface area contributed by atoms with Crippen LogP contribution >= 0.6 is 11.8 Å². The molecule has 0 bridgehead atoms. The van der Waals surface area contributed by atoms with Gasteiger partial charge in [0, 0.05) is 6.20 Å². The minimum Gasteiger partial charge on any atom is -0.397 e. The van der Waals surface area contributed by atoms with Crippen molar-refractivity contribution in [2.75, 3.05) is 5.73 Å². The van der Waals surface area contributed by atoms with E-state index in [1.54, 1.807) is 6.07 Å². The number of aromatic nitrogens is 4. The summed E-state index contributed by atoms with van der Waals surface area (Å²) in [6.07, 6.45) is 1.84. The number of primary amides is 1. The number of fused-ring (bicyclic) bond motifs is 1. The molecule has 0 saturated heterocycles. The molecule has 100 valence electrons. The minimum absolute atomic E-state index is 0.163. The van der Waals surface area contributed by atoms with Crippen LogP contribution in [0.4, 0.5) is 5.69 Å². The van der Waals surface area contributed by atoms with Crippen molar-refractivity contribution in [1.82, 2.24) is 19.6 Å². The van der Waals surface area contributed by atoms with Gasteiger partial charge in [0.15, 0.2) is 5.65 Å². The molecule has 0 aromatic carbocycles. The fraction of sp³-hybridized carbons (Fsp3) is 0. The van der Waals surface area contributed by atoms with Gasteiger partial charge in [-0.25, -0.2) is 4.98 Å². The predicted molar refractivity (Wildman–Crippen MR) is 74.3 cm³/mol. The Labute approximate surface area is 118 Å². The van der Waals surface area contributed by atoms with Crippen LogP contribution in [0, 0.1) is 0 Å². The van der Waals surface area contributed by atoms with Crippen molar-refractivity contribution in [2.24, 2.45) is 5.73 Å². The molecule has 0 aliphatic heterocycles. The predicted octanol–water partition coefficient (Wildman–Crippen LogP) is 0.957. The highest BCUT2D eigenvalue weighted by atomic mass is 32.2. The maximum absolute atomic E-state index is 11.2. The molecule has 0 unspecified atom stereocenters. The van der Waals surface area contributed by atoms with Crippen LogP contribution in [0.25, 0.3) is 5.65 Å². The molecule has 0 fully saturated rings. The summed E-state index contributed by atoms with van der Waals surface area (Å²) in [6.45, 7) is 0. The second kappa shape index (κ2) is 4.82. The van der Waals surface area contributed by atoms with Gasteiger partial charge in [-0.2, -0.15) is 0 Å². The number of nitrogen functional groups attached to an aromatic ring is 1. The number of anilines is 1. The van der Waals surface area contributed by atoms with Crippen molar-refractivity contribution < 1.29 is 4.79 Å². The number of amides is 1. The second-order valence-electron chi connectivity index (χ2n) is 3.97. The van der Waals surface area contributed by atoms with Crippen molar-refractivity contribution in [2.45, 2.75) is 10.2 Å². The number of hydrogen-bond acceptors (Lipinski definition) is 6. The number of carbonyl (C=O) groups is 1. The zero-order chi connectivity index (χ0) is 14.1. The number of rotatable bonds is 3. The number of pyridine rings is 2. The number of carbonyl (C=O) groups excluding carboxylic acids is 1. The van der Waals surface area contributed by atoms with Crippen molar-refractivity contribution in [1.29, 1.82) is 0 Å². The van der Waals surface area contributed by atoms with E-state index < -0.39 is 5.91 Å². The Hall–Kier alpha value is -2.61.